The van der Waals surface area contributed by atoms with Crippen molar-refractivity contribution in [2.24, 2.45) is 17.0 Å². The third kappa shape index (κ3) is 19.8. The molecule has 746 valence electrons. The summed E-state index contributed by atoms with van der Waals surface area (Å²) in [7, 11) is 13.9. The Morgan fingerprint density at radius 3 is 1.16 bits per heavy atom. The average Bonchev–Trinajstić information content (AvgIpc) is 1.72. The van der Waals surface area contributed by atoms with E-state index in [0.29, 0.717) is 60.8 Å². The van der Waals surface area contributed by atoms with Gasteiger partial charge in [-0.2, -0.15) is 20.4 Å². The van der Waals surface area contributed by atoms with Gasteiger partial charge in [0.2, 0.25) is 0 Å². The second kappa shape index (κ2) is 42.3. The lowest BCUT2D eigenvalue weighted by molar-refractivity contribution is 0.0991. The van der Waals surface area contributed by atoms with Crippen LogP contribution in [0.5, 0.6) is 0 Å². The number of rotatable bonds is 18. The van der Waals surface area contributed by atoms with Crippen LogP contribution < -0.4 is 48.6 Å². The van der Waals surface area contributed by atoms with Gasteiger partial charge in [-0.1, -0.05) is 260 Å². The van der Waals surface area contributed by atoms with Gasteiger partial charge in [0.25, 0.3) is 16.7 Å². The molecule has 4 aromatic heterocycles. The number of nitrogens with one attached hydrogen (secondary N) is 9. The normalized spacial score (nSPS) is 18.7. The fourth-order valence-corrected chi connectivity index (χ4v) is 22.6. The van der Waals surface area contributed by atoms with Crippen LogP contribution in [0.1, 0.15) is 198 Å². The first-order chi connectivity index (χ1) is 72.5. The van der Waals surface area contributed by atoms with Gasteiger partial charge in [-0.05, 0) is 188 Å². The second-order valence-electron chi connectivity index (χ2n) is 39.4. The number of nitrogens with zero attached hydrogens (tertiary/aromatic N) is 10. The molecule has 9 N–H and O–H groups in total. The highest BCUT2D eigenvalue weighted by Gasteiger charge is 2.45. The second-order valence-corrected chi connectivity index (χ2v) is 39.4. The molecule has 10 atom stereocenters. The third-order valence-corrected chi connectivity index (χ3v) is 28.9. The zero-order valence-corrected chi connectivity index (χ0v) is 83.3. The number of halogens is 4. The van der Waals surface area contributed by atoms with Crippen molar-refractivity contribution in [1.29, 1.82) is 0 Å². The maximum atomic E-state index is 14.4. The SMILES string of the molecule is CN(C)Cc1ccc(C2Nc3cc(F)cc4c(=O)[nH]nc(c34)C2c2ccccc2)cc1.CN(C)Cc1cccc(C2C3=NCC(=O)c4cc(F)cc(c43)NC2c2ccccc2)c1.CNCc1ccc(C2C3=NCC(=O)c4cc(F)cc(c43)NC2c2ccccc2)cc1.CNCc1ccc(C2Nc3cc(F)cc4c(=O)[nH]nc(c34)C2c2ccccc2)cc1.Cc1cc2c3c(n[nH]c(=O)c3c1)C(c1ncnn1C)C(c1ccccc1)C2. The molecule has 0 bridgehead atoms. The zero-order chi connectivity index (χ0) is 103. The van der Waals surface area contributed by atoms with Gasteiger partial charge in [0.05, 0.1) is 98.4 Å². The van der Waals surface area contributed by atoms with Gasteiger partial charge in [0.1, 0.15) is 48.5 Å². The van der Waals surface area contributed by atoms with Crippen molar-refractivity contribution >= 4 is 78.1 Å². The minimum absolute atomic E-state index is 0.0562. The van der Waals surface area contributed by atoms with Crippen molar-refractivity contribution in [3.8, 4) is 0 Å². The number of hydrogen-bond acceptors (Lipinski definition) is 20. The summed E-state index contributed by atoms with van der Waals surface area (Å²) < 4.78 is 59.1. The minimum Gasteiger partial charge on any atom is -0.377 e. The molecule has 149 heavy (non-hydrogen) atoms. The first-order valence-corrected chi connectivity index (χ1v) is 49.8. The molecule has 10 heterocycles. The van der Waals surface area contributed by atoms with Crippen LogP contribution in [-0.4, -0.2) is 134 Å². The number of carbonyl (C=O) groups excluding carboxylic acids is 2. The lowest BCUT2D eigenvalue weighted by Crippen LogP contribution is -2.36. The van der Waals surface area contributed by atoms with Crippen LogP contribution in [0.15, 0.2) is 340 Å². The van der Waals surface area contributed by atoms with E-state index in [1.165, 1.54) is 81.9 Å². The number of hydrogen-bond donors (Lipinski definition) is 9. The molecule has 0 radical (unpaired) electrons. The number of anilines is 4. The summed E-state index contributed by atoms with van der Waals surface area (Å²) in [6.07, 6.45) is 2.41. The van der Waals surface area contributed by atoms with E-state index >= 15 is 0 Å². The lowest BCUT2D eigenvalue weighted by atomic mass is 9.73. The van der Waals surface area contributed by atoms with Gasteiger partial charge in [0.15, 0.2) is 11.6 Å². The van der Waals surface area contributed by atoms with E-state index in [1.54, 1.807) is 11.0 Å². The highest BCUT2D eigenvalue weighted by Crippen LogP contribution is 2.53. The summed E-state index contributed by atoms with van der Waals surface area (Å²) in [5.41, 5.74) is 25.0. The number of aryl methyl sites for hydroxylation is 2. The molecule has 24 nitrogen and oxygen atoms in total. The van der Waals surface area contributed by atoms with E-state index in [4.69, 9.17) is 9.98 Å². The molecule has 25 rings (SSSR count). The summed E-state index contributed by atoms with van der Waals surface area (Å²) in [6.45, 7) is 5.42. The number of aliphatic imine (C=N–C) groups is 2. The average molecular weight is 1990 g/mol. The molecule has 1 aliphatic carbocycles. The Hall–Kier alpha value is -16.9. The molecule has 10 unspecified atom stereocenters. The Kier molecular flexibility index (Phi) is 27.8. The molecular formula is C121H109F4N19O5. The van der Waals surface area contributed by atoms with Crippen molar-refractivity contribution < 1.29 is 27.2 Å². The Labute approximate surface area is 857 Å². The molecule has 6 aliphatic heterocycles. The van der Waals surface area contributed by atoms with Crippen LogP contribution in [0, 0.1) is 30.2 Å². The molecule has 0 spiro atoms. The highest BCUT2D eigenvalue weighted by molar-refractivity contribution is 6.23. The Bertz CT molecular complexity index is 8370. The zero-order valence-electron chi connectivity index (χ0n) is 83.3. The van der Waals surface area contributed by atoms with Crippen molar-refractivity contribution in [3.05, 3.63) is 499 Å². The van der Waals surface area contributed by atoms with Gasteiger partial charge >= 0.3 is 0 Å². The third-order valence-electron chi connectivity index (χ3n) is 28.9. The Balaban J connectivity index is 0.000000109. The number of carbonyl (C=O) groups is 2. The van der Waals surface area contributed by atoms with E-state index in [2.05, 4.69) is 272 Å². The fourth-order valence-electron chi connectivity index (χ4n) is 22.6. The van der Waals surface area contributed by atoms with Gasteiger partial charge in [-0.3, -0.25) is 38.6 Å². The standard InChI is InChI=1S/C26H24FN3O.C25H23FN4O.C25H22FN3O.C24H21FN4O.C21H19N5O/c1-30(2)15-16-7-6-10-18(11-16)23-25(17-8-4-3-5-9-17)29-21-13-19(27)12-20-22(31)14-28-26(23)24(20)21;1-30(2)14-15-8-10-17(11-9-15)23-21(16-6-4-3-5-7-16)24-22-19(25(31)29-28-24)12-18(26)13-20(22)27-23;1-27-13-15-7-9-16(10-8-15)22-24(17-5-3-2-4-6-17)29-20-12-18(26)11-19-21(30)14-28-25(22)23(19)20;1-26-13-14-7-9-16(10-8-14)22-20(15-5-3-2-4-6-15)23-21-18(24(30)29-28-23)11-17(25)12-19(21)27-22;1-12-8-14-10-15(13-6-4-3-5-7-13)18(20-22-11-23-26(20)2)19-17(14)16(9-12)21(27)25-24-19/h3-13,23,25,29H,14-15H2,1-2H3;3-13,21,23,27H,14H2,1-2H3,(H,29,31);2-12,22,24,27,29H,13-14H2,1H3;2-12,20,22,26-27H,13H2,1H3,(H,29,30);3-9,11,15,18H,10H2,1-2H3,(H,25,27). The van der Waals surface area contributed by atoms with Crippen molar-refractivity contribution in [1.82, 2.24) is 65.8 Å². The maximum Gasteiger partial charge on any atom is 0.272 e. The summed E-state index contributed by atoms with van der Waals surface area (Å²) in [5.74, 6) is -1.49. The van der Waals surface area contributed by atoms with Crippen LogP contribution in [0.25, 0.3) is 32.3 Å². The molecule has 0 fully saturated rings. The smallest absolute Gasteiger partial charge is 0.272 e. The van der Waals surface area contributed by atoms with Gasteiger partial charge in [0, 0.05) is 100 Å². The highest BCUT2D eigenvalue weighted by atomic mass is 19.1. The predicted molar refractivity (Wildman–Crippen MR) is 578 cm³/mol. The quantitative estimate of drug-likeness (QED) is 0.0361. The molecule has 0 saturated heterocycles. The molecule has 7 aliphatic rings. The van der Waals surface area contributed by atoms with E-state index < -0.39 is 28.8 Å². The molecular weight excluding hydrogens is 1880 g/mol. The van der Waals surface area contributed by atoms with E-state index in [-0.39, 0.29) is 95.4 Å². The van der Waals surface area contributed by atoms with Crippen molar-refractivity contribution in [3.63, 3.8) is 0 Å². The Morgan fingerprint density at radius 1 is 0.362 bits per heavy atom. The molecule has 18 aromatic rings. The number of H-pyrrole nitrogens is 3. The summed E-state index contributed by atoms with van der Waals surface area (Å²) in [5, 5.41) is 49.6. The Morgan fingerprint density at radius 2 is 0.725 bits per heavy atom. The van der Waals surface area contributed by atoms with Gasteiger partial charge in [-0.25, -0.2) is 37.8 Å². The summed E-state index contributed by atoms with van der Waals surface area (Å²) >= 11 is 0. The molecule has 28 heteroatoms. The van der Waals surface area contributed by atoms with E-state index in [9.17, 15) is 41.5 Å². The fraction of sp³-hybridized carbons (Fsp3) is 0.207. The van der Waals surface area contributed by atoms with Crippen LogP contribution in [-0.2, 0) is 39.6 Å². The number of Topliss-reactive ketones (excluding diaryl/α,β-unsaturated/α-hetero) is 2. The minimum atomic E-state index is -0.450. The predicted octanol–water partition coefficient (Wildman–Crippen LogP) is 20.6. The molecule has 0 saturated carbocycles. The molecule has 14 aromatic carbocycles. The first-order valence-electron chi connectivity index (χ1n) is 49.8. The largest absolute Gasteiger partial charge is 0.377 e. The first kappa shape index (κ1) is 98.1. The van der Waals surface area contributed by atoms with Crippen LogP contribution in [0.2, 0.25) is 0 Å². The van der Waals surface area contributed by atoms with E-state index in [1.807, 2.05) is 127 Å². The maximum absolute atomic E-state index is 14.4. The number of ketones is 2. The number of benzene rings is 14. The van der Waals surface area contributed by atoms with Crippen molar-refractivity contribution in [2.75, 3.05) is 76.6 Å². The number of aromatic nitrogens is 9. The van der Waals surface area contributed by atoms with Gasteiger partial charge < -0.3 is 41.7 Å². The lowest BCUT2D eigenvalue weighted by Gasteiger charge is -2.39. The topological polar surface area (TPSA) is 305 Å². The summed E-state index contributed by atoms with van der Waals surface area (Å²) in [6, 6.07) is 99.4. The van der Waals surface area contributed by atoms with Crippen molar-refractivity contribution in [2.45, 2.75) is 99.2 Å². The number of aromatic amines is 3. The summed E-state index contributed by atoms with van der Waals surface area (Å²) in [4.78, 5) is 80.4. The van der Waals surface area contributed by atoms with Crippen LogP contribution in [0.3, 0.4) is 0 Å². The van der Waals surface area contributed by atoms with Crippen LogP contribution in [0.4, 0.5) is 40.3 Å². The molecule has 0 amide bonds. The van der Waals surface area contributed by atoms with E-state index in [0.717, 1.165) is 134 Å². The van der Waals surface area contributed by atoms with Crippen LogP contribution >= 0.6 is 0 Å². The van der Waals surface area contributed by atoms with Gasteiger partial charge in [-0.15, -0.1) is 0 Å². The monoisotopic (exact) mass is 1980 g/mol.